The van der Waals surface area contributed by atoms with Crippen LogP contribution in [0.15, 0.2) is 24.3 Å². The maximum atomic E-state index is 13.2. The zero-order valence-corrected chi connectivity index (χ0v) is 12.5. The number of benzene rings is 1. The summed E-state index contributed by atoms with van der Waals surface area (Å²) in [4.78, 5) is 25.3. The van der Waals surface area contributed by atoms with E-state index >= 15 is 0 Å². The summed E-state index contributed by atoms with van der Waals surface area (Å²) in [6.07, 6.45) is -4.93. The number of halogens is 3. The van der Waals surface area contributed by atoms with Gasteiger partial charge in [-0.05, 0) is 11.6 Å². The molecule has 0 aliphatic carbocycles. The molecule has 2 rings (SSSR count). The van der Waals surface area contributed by atoms with Crippen LogP contribution in [-0.2, 0) is 26.9 Å². The minimum atomic E-state index is -4.61. The Morgan fingerprint density at radius 2 is 1.96 bits per heavy atom. The van der Waals surface area contributed by atoms with Gasteiger partial charge >= 0.3 is 12.1 Å². The quantitative estimate of drug-likeness (QED) is 0.847. The number of H-pyrrole nitrogens is 1. The first-order valence-electron chi connectivity index (χ1n) is 6.75. The minimum absolute atomic E-state index is 0.0859. The van der Waals surface area contributed by atoms with E-state index in [1.54, 1.807) is 12.1 Å². The van der Waals surface area contributed by atoms with Crippen molar-refractivity contribution < 1.29 is 27.5 Å². The fourth-order valence-corrected chi connectivity index (χ4v) is 2.44. The van der Waals surface area contributed by atoms with E-state index in [0.717, 1.165) is 7.11 Å². The minimum Gasteiger partial charge on any atom is -0.467 e. The highest BCUT2D eigenvalue weighted by molar-refractivity contribution is 5.87. The van der Waals surface area contributed by atoms with E-state index in [1.165, 1.54) is 19.1 Å². The third-order valence-electron chi connectivity index (χ3n) is 3.37. The Labute approximate surface area is 129 Å². The number of alkyl halides is 3. The van der Waals surface area contributed by atoms with E-state index in [2.05, 4.69) is 15.0 Å². The molecule has 1 atom stereocenters. The van der Waals surface area contributed by atoms with Gasteiger partial charge in [-0.2, -0.15) is 13.2 Å². The van der Waals surface area contributed by atoms with Gasteiger partial charge in [0.25, 0.3) is 0 Å². The molecule has 2 aromatic rings. The maximum Gasteiger partial charge on any atom is 0.431 e. The Hall–Kier alpha value is -2.51. The smallest absolute Gasteiger partial charge is 0.431 e. The van der Waals surface area contributed by atoms with E-state index in [-0.39, 0.29) is 12.0 Å². The molecule has 23 heavy (non-hydrogen) atoms. The number of methoxy groups -OCH3 is 1. The first-order valence-corrected chi connectivity index (χ1v) is 6.75. The van der Waals surface area contributed by atoms with Crippen LogP contribution < -0.4 is 5.32 Å². The zero-order valence-electron chi connectivity index (χ0n) is 12.5. The summed E-state index contributed by atoms with van der Waals surface area (Å²) in [5.74, 6) is -1.34. The Kier molecular flexibility index (Phi) is 4.63. The van der Waals surface area contributed by atoms with Crippen molar-refractivity contribution >= 4 is 22.8 Å². The van der Waals surface area contributed by atoms with Gasteiger partial charge in [-0.1, -0.05) is 18.2 Å². The molecule has 0 unspecified atom stereocenters. The molecule has 0 saturated carbocycles. The summed E-state index contributed by atoms with van der Waals surface area (Å²) in [5.41, 5.74) is -0.712. The molecule has 0 aliphatic heterocycles. The number of amides is 1. The highest BCUT2D eigenvalue weighted by Gasteiger charge is 2.37. The van der Waals surface area contributed by atoms with Gasteiger partial charge in [0.15, 0.2) is 0 Å². The van der Waals surface area contributed by atoms with Crippen molar-refractivity contribution in [2.45, 2.75) is 25.6 Å². The molecule has 0 aliphatic rings. The second kappa shape index (κ2) is 6.31. The van der Waals surface area contributed by atoms with Crippen LogP contribution in [0.2, 0.25) is 0 Å². The van der Waals surface area contributed by atoms with Gasteiger partial charge in [-0.15, -0.1) is 0 Å². The van der Waals surface area contributed by atoms with Crippen LogP contribution in [0.4, 0.5) is 13.2 Å². The molecule has 2 N–H and O–H groups in total. The van der Waals surface area contributed by atoms with E-state index < -0.39 is 29.8 Å². The van der Waals surface area contributed by atoms with Gasteiger partial charge in [0, 0.05) is 24.2 Å². The molecule has 0 fully saturated rings. The summed E-state index contributed by atoms with van der Waals surface area (Å²) in [7, 11) is 1.11. The van der Waals surface area contributed by atoms with Crippen molar-refractivity contribution in [1.82, 2.24) is 10.3 Å². The molecule has 1 aromatic heterocycles. The fraction of sp³-hybridized carbons (Fsp3) is 0.333. The Balaban J connectivity index is 2.51. The van der Waals surface area contributed by atoms with Crippen LogP contribution in [0.1, 0.15) is 18.2 Å². The molecule has 8 heteroatoms. The average molecular weight is 328 g/mol. The number of hydrogen-bond donors (Lipinski definition) is 2. The Morgan fingerprint density at radius 1 is 1.30 bits per heavy atom. The first-order chi connectivity index (χ1) is 10.7. The number of nitrogens with one attached hydrogen (secondary N) is 2. The number of hydrogen-bond acceptors (Lipinski definition) is 3. The molecule has 0 spiro atoms. The van der Waals surface area contributed by atoms with Crippen molar-refractivity contribution in [2.75, 3.05) is 7.11 Å². The summed E-state index contributed by atoms with van der Waals surface area (Å²) < 4.78 is 44.3. The molecular weight excluding hydrogens is 313 g/mol. The molecule has 1 amide bonds. The summed E-state index contributed by atoms with van der Waals surface area (Å²) in [6.45, 7) is 1.18. The molecule has 0 bridgehead atoms. The maximum absolute atomic E-state index is 13.2. The van der Waals surface area contributed by atoms with Crippen molar-refractivity contribution in [2.24, 2.45) is 0 Å². The molecule has 5 nitrogen and oxygen atoms in total. The lowest BCUT2D eigenvalue weighted by atomic mass is 10.0. The van der Waals surface area contributed by atoms with Gasteiger partial charge in [-0.25, -0.2) is 4.79 Å². The Bertz CT molecular complexity index is 737. The molecule has 0 radical (unpaired) electrons. The van der Waals surface area contributed by atoms with Crippen molar-refractivity contribution in [1.29, 1.82) is 0 Å². The second-order valence-electron chi connectivity index (χ2n) is 5.00. The van der Waals surface area contributed by atoms with Crippen LogP contribution in [0, 0.1) is 0 Å². The summed E-state index contributed by atoms with van der Waals surface area (Å²) >= 11 is 0. The van der Waals surface area contributed by atoms with Crippen LogP contribution >= 0.6 is 0 Å². The third-order valence-corrected chi connectivity index (χ3v) is 3.37. The SMILES string of the molecule is COC(=O)[C@H](Cc1c(C(F)(F)F)[nH]c2ccccc12)NC(C)=O. The van der Waals surface area contributed by atoms with E-state index in [0.29, 0.717) is 10.9 Å². The first kappa shape index (κ1) is 16.9. The van der Waals surface area contributed by atoms with Crippen molar-refractivity contribution in [3.8, 4) is 0 Å². The van der Waals surface area contributed by atoms with Gasteiger partial charge in [0.05, 0.1) is 7.11 Å². The number of ether oxygens (including phenoxy) is 1. The summed E-state index contributed by atoms with van der Waals surface area (Å²) in [5, 5.41) is 2.66. The highest BCUT2D eigenvalue weighted by atomic mass is 19.4. The number of aromatic nitrogens is 1. The second-order valence-corrected chi connectivity index (χ2v) is 5.00. The van der Waals surface area contributed by atoms with Crippen LogP contribution in [0.5, 0.6) is 0 Å². The van der Waals surface area contributed by atoms with Crippen molar-refractivity contribution in [3.05, 3.63) is 35.5 Å². The molecular formula is C15H15F3N2O3. The number of carbonyl (C=O) groups excluding carboxylic acids is 2. The standard InChI is InChI=1S/C15H15F3N2O3/c1-8(21)19-12(14(22)23-2)7-10-9-5-3-4-6-11(9)20-13(10)15(16,17)18/h3-6,12,20H,7H2,1-2H3,(H,19,21)/t12-/m0/s1. The van der Waals surface area contributed by atoms with Gasteiger partial charge < -0.3 is 15.0 Å². The van der Waals surface area contributed by atoms with Crippen LogP contribution in [0.3, 0.4) is 0 Å². The van der Waals surface area contributed by atoms with E-state index in [9.17, 15) is 22.8 Å². The summed E-state index contributed by atoms with van der Waals surface area (Å²) in [6, 6.07) is 5.05. The zero-order chi connectivity index (χ0) is 17.2. The number of aromatic amines is 1. The van der Waals surface area contributed by atoms with E-state index in [1.807, 2.05) is 0 Å². The lowest BCUT2D eigenvalue weighted by molar-refractivity contribution is -0.146. The van der Waals surface area contributed by atoms with Crippen LogP contribution in [-0.4, -0.2) is 30.0 Å². The van der Waals surface area contributed by atoms with Crippen LogP contribution in [0.25, 0.3) is 10.9 Å². The van der Waals surface area contributed by atoms with Gasteiger partial charge in [0.1, 0.15) is 11.7 Å². The molecule has 0 saturated heterocycles. The molecule has 1 aromatic carbocycles. The molecule has 1 heterocycles. The number of fused-ring (bicyclic) bond motifs is 1. The number of rotatable bonds is 4. The predicted molar refractivity (Wildman–Crippen MR) is 76.6 cm³/mol. The number of esters is 1. The number of para-hydroxylation sites is 1. The topological polar surface area (TPSA) is 71.2 Å². The van der Waals surface area contributed by atoms with Gasteiger partial charge in [-0.3, -0.25) is 4.79 Å². The average Bonchev–Trinajstić information content (AvgIpc) is 2.84. The highest BCUT2D eigenvalue weighted by Crippen LogP contribution is 2.36. The normalized spacial score (nSPS) is 12.9. The van der Waals surface area contributed by atoms with Crippen molar-refractivity contribution in [3.63, 3.8) is 0 Å². The monoisotopic (exact) mass is 328 g/mol. The Morgan fingerprint density at radius 3 is 2.52 bits per heavy atom. The van der Waals surface area contributed by atoms with Gasteiger partial charge in [0.2, 0.25) is 5.91 Å². The fourth-order valence-electron chi connectivity index (χ4n) is 2.44. The molecule has 124 valence electrons. The predicted octanol–water partition coefficient (Wildman–Crippen LogP) is 2.41. The lowest BCUT2D eigenvalue weighted by Crippen LogP contribution is -2.42. The number of carbonyl (C=O) groups is 2. The lowest BCUT2D eigenvalue weighted by Gasteiger charge is -2.17. The largest absolute Gasteiger partial charge is 0.467 e. The van der Waals surface area contributed by atoms with E-state index in [4.69, 9.17) is 0 Å². The third kappa shape index (κ3) is 3.64.